The fraction of sp³-hybridized carbons (Fsp3) is 0.565. The SMILES string of the molecule is C=C1CCC(N2Cc3cc(O[C@H]4CCCC[C@H]4NC(C)C)ccc3C2=O)C(=O)N1. The smallest absolute Gasteiger partial charge is 0.255 e. The van der Waals surface area contributed by atoms with Crippen LogP contribution < -0.4 is 15.4 Å². The van der Waals surface area contributed by atoms with Gasteiger partial charge >= 0.3 is 0 Å². The largest absolute Gasteiger partial charge is 0.489 e. The Labute approximate surface area is 172 Å². The summed E-state index contributed by atoms with van der Waals surface area (Å²) in [6.07, 6.45) is 6.05. The van der Waals surface area contributed by atoms with Crippen molar-refractivity contribution in [3.8, 4) is 5.75 Å². The molecular weight excluding hydrogens is 366 g/mol. The standard InChI is InChI=1S/C23H31N3O3/c1-14(2)24-19-6-4-5-7-21(19)29-17-9-10-18-16(12-17)13-26(23(18)28)20-11-8-15(3)25-22(20)27/h9-10,12,14,19-21,24H,3-8,11,13H2,1-2H3,(H,25,27)/t19-,20?,21+/m1/s1. The fourth-order valence-electron chi connectivity index (χ4n) is 4.74. The maximum absolute atomic E-state index is 12.9. The number of piperidine rings is 1. The van der Waals surface area contributed by atoms with E-state index in [1.54, 1.807) is 4.90 Å². The predicted octanol–water partition coefficient (Wildman–Crippen LogP) is 3.12. The van der Waals surface area contributed by atoms with Gasteiger partial charge in [-0.15, -0.1) is 0 Å². The quantitative estimate of drug-likeness (QED) is 0.801. The molecule has 1 aromatic carbocycles. The molecule has 2 aliphatic heterocycles. The van der Waals surface area contributed by atoms with E-state index >= 15 is 0 Å². The van der Waals surface area contributed by atoms with Crippen LogP contribution in [0.4, 0.5) is 0 Å². The molecule has 2 amide bonds. The molecule has 4 rings (SSSR count). The van der Waals surface area contributed by atoms with E-state index in [-0.39, 0.29) is 17.9 Å². The van der Waals surface area contributed by atoms with Crippen LogP contribution in [0, 0.1) is 0 Å². The number of fused-ring (bicyclic) bond motifs is 1. The van der Waals surface area contributed by atoms with E-state index < -0.39 is 6.04 Å². The van der Waals surface area contributed by atoms with Gasteiger partial charge in [0.25, 0.3) is 5.91 Å². The molecular formula is C23H31N3O3. The van der Waals surface area contributed by atoms with E-state index in [1.807, 2.05) is 18.2 Å². The third kappa shape index (κ3) is 4.17. The topological polar surface area (TPSA) is 70.7 Å². The maximum Gasteiger partial charge on any atom is 0.255 e. The first-order chi connectivity index (χ1) is 13.9. The van der Waals surface area contributed by atoms with Crippen molar-refractivity contribution in [3.05, 3.63) is 41.6 Å². The van der Waals surface area contributed by atoms with E-state index in [4.69, 9.17) is 4.74 Å². The van der Waals surface area contributed by atoms with Gasteiger partial charge in [-0.3, -0.25) is 9.59 Å². The van der Waals surface area contributed by atoms with Crippen LogP contribution in [-0.2, 0) is 11.3 Å². The first kappa shape index (κ1) is 20.0. The summed E-state index contributed by atoms with van der Waals surface area (Å²) in [6.45, 7) is 8.60. The number of hydrogen-bond acceptors (Lipinski definition) is 4. The molecule has 0 spiro atoms. The number of allylic oxidation sites excluding steroid dienone is 1. The fourth-order valence-corrected chi connectivity index (χ4v) is 4.74. The Hall–Kier alpha value is -2.34. The highest BCUT2D eigenvalue weighted by atomic mass is 16.5. The minimum atomic E-state index is -0.428. The molecule has 6 heteroatoms. The summed E-state index contributed by atoms with van der Waals surface area (Å²) in [7, 11) is 0. The first-order valence-electron chi connectivity index (χ1n) is 10.8. The lowest BCUT2D eigenvalue weighted by atomic mass is 9.92. The highest BCUT2D eigenvalue weighted by Crippen LogP contribution is 2.32. The monoisotopic (exact) mass is 397 g/mol. The molecule has 156 valence electrons. The van der Waals surface area contributed by atoms with Gasteiger partial charge in [0.1, 0.15) is 17.9 Å². The molecule has 0 radical (unpaired) electrons. The summed E-state index contributed by atoms with van der Waals surface area (Å²) in [6, 6.07) is 6.07. The third-order valence-electron chi connectivity index (χ3n) is 6.14. The van der Waals surface area contributed by atoms with Crippen molar-refractivity contribution in [2.75, 3.05) is 0 Å². The molecule has 0 bridgehead atoms. The molecule has 2 fully saturated rings. The molecule has 3 atom stereocenters. The second kappa shape index (κ2) is 8.19. The zero-order valence-corrected chi connectivity index (χ0v) is 17.4. The molecule has 3 aliphatic rings. The summed E-state index contributed by atoms with van der Waals surface area (Å²) in [5.41, 5.74) is 2.34. The van der Waals surface area contributed by atoms with Crippen LogP contribution in [0.5, 0.6) is 5.75 Å². The van der Waals surface area contributed by atoms with E-state index in [1.165, 1.54) is 12.8 Å². The van der Waals surface area contributed by atoms with E-state index in [0.29, 0.717) is 37.0 Å². The molecule has 2 N–H and O–H groups in total. The van der Waals surface area contributed by atoms with Gasteiger partial charge in [0.2, 0.25) is 5.91 Å². The second-order valence-corrected chi connectivity index (χ2v) is 8.77. The summed E-state index contributed by atoms with van der Waals surface area (Å²) < 4.78 is 6.36. The lowest BCUT2D eigenvalue weighted by Gasteiger charge is -2.34. The molecule has 6 nitrogen and oxygen atoms in total. The molecule has 1 aliphatic carbocycles. The Morgan fingerprint density at radius 1 is 1.21 bits per heavy atom. The molecule has 1 saturated carbocycles. The van der Waals surface area contributed by atoms with Gasteiger partial charge in [-0.2, -0.15) is 0 Å². The van der Waals surface area contributed by atoms with Crippen LogP contribution in [0.15, 0.2) is 30.5 Å². The number of ether oxygens (including phenoxy) is 1. The van der Waals surface area contributed by atoms with E-state index in [9.17, 15) is 9.59 Å². The maximum atomic E-state index is 12.9. The van der Waals surface area contributed by atoms with Gasteiger partial charge in [0.15, 0.2) is 0 Å². The van der Waals surface area contributed by atoms with Crippen LogP contribution in [0.25, 0.3) is 0 Å². The van der Waals surface area contributed by atoms with Crippen molar-refractivity contribution < 1.29 is 14.3 Å². The van der Waals surface area contributed by atoms with Crippen LogP contribution in [0.3, 0.4) is 0 Å². The average molecular weight is 398 g/mol. The number of rotatable bonds is 5. The number of hydrogen-bond donors (Lipinski definition) is 2. The van der Waals surface area contributed by atoms with E-state index in [0.717, 1.165) is 29.9 Å². The number of nitrogens with zero attached hydrogens (tertiary/aromatic N) is 1. The molecule has 0 aromatic heterocycles. The lowest BCUT2D eigenvalue weighted by molar-refractivity contribution is -0.126. The van der Waals surface area contributed by atoms with Gasteiger partial charge in [-0.25, -0.2) is 0 Å². The van der Waals surface area contributed by atoms with Crippen LogP contribution in [-0.4, -0.2) is 40.9 Å². The minimum absolute atomic E-state index is 0.0729. The normalized spacial score (nSPS) is 27.2. The van der Waals surface area contributed by atoms with Crippen molar-refractivity contribution in [2.24, 2.45) is 0 Å². The zero-order chi connectivity index (χ0) is 20.5. The van der Waals surface area contributed by atoms with Crippen molar-refractivity contribution in [1.82, 2.24) is 15.5 Å². The van der Waals surface area contributed by atoms with Crippen molar-refractivity contribution in [1.29, 1.82) is 0 Å². The Morgan fingerprint density at radius 2 is 2.00 bits per heavy atom. The minimum Gasteiger partial charge on any atom is -0.489 e. The van der Waals surface area contributed by atoms with Crippen molar-refractivity contribution in [3.63, 3.8) is 0 Å². The molecule has 1 aromatic rings. The molecule has 2 heterocycles. The van der Waals surface area contributed by atoms with Crippen molar-refractivity contribution >= 4 is 11.8 Å². The zero-order valence-electron chi connectivity index (χ0n) is 17.4. The molecule has 29 heavy (non-hydrogen) atoms. The summed E-state index contributed by atoms with van der Waals surface area (Å²) in [5, 5.41) is 6.41. The second-order valence-electron chi connectivity index (χ2n) is 8.77. The number of nitrogens with one attached hydrogen (secondary N) is 2. The van der Waals surface area contributed by atoms with Gasteiger partial charge in [-0.05, 0) is 55.9 Å². The predicted molar refractivity (Wildman–Crippen MR) is 112 cm³/mol. The van der Waals surface area contributed by atoms with Gasteiger partial charge in [-0.1, -0.05) is 26.8 Å². The molecule has 1 saturated heterocycles. The first-order valence-corrected chi connectivity index (χ1v) is 10.8. The number of benzene rings is 1. The van der Waals surface area contributed by atoms with Crippen LogP contribution >= 0.6 is 0 Å². The Balaban J connectivity index is 1.47. The van der Waals surface area contributed by atoms with Crippen LogP contribution in [0.1, 0.15) is 68.3 Å². The number of carbonyl (C=O) groups is 2. The lowest BCUT2D eigenvalue weighted by Crippen LogP contribution is -2.49. The highest BCUT2D eigenvalue weighted by Gasteiger charge is 2.38. The van der Waals surface area contributed by atoms with E-state index in [2.05, 4.69) is 31.1 Å². The van der Waals surface area contributed by atoms with Gasteiger partial charge in [0.05, 0.1) is 0 Å². The average Bonchev–Trinajstić information content (AvgIpc) is 2.99. The highest BCUT2D eigenvalue weighted by molar-refractivity contribution is 6.01. The molecule has 1 unspecified atom stereocenters. The van der Waals surface area contributed by atoms with Crippen molar-refractivity contribution in [2.45, 2.75) is 83.1 Å². The summed E-state index contributed by atoms with van der Waals surface area (Å²) in [5.74, 6) is 0.599. The number of amides is 2. The summed E-state index contributed by atoms with van der Waals surface area (Å²) in [4.78, 5) is 26.9. The summed E-state index contributed by atoms with van der Waals surface area (Å²) >= 11 is 0. The number of carbonyl (C=O) groups excluding carboxylic acids is 2. The third-order valence-corrected chi connectivity index (χ3v) is 6.14. The Kier molecular flexibility index (Phi) is 5.63. The Morgan fingerprint density at radius 3 is 2.76 bits per heavy atom. The van der Waals surface area contributed by atoms with Gasteiger partial charge in [0, 0.05) is 29.9 Å². The Bertz CT molecular complexity index is 820. The van der Waals surface area contributed by atoms with Gasteiger partial charge < -0.3 is 20.3 Å². The van der Waals surface area contributed by atoms with Crippen LogP contribution in [0.2, 0.25) is 0 Å².